The van der Waals surface area contributed by atoms with Crippen LogP contribution in [0.25, 0.3) is 11.1 Å². The number of aryl methyl sites for hydroxylation is 1. The lowest BCUT2D eigenvalue weighted by Crippen LogP contribution is -1.90. The highest BCUT2D eigenvalue weighted by Gasteiger charge is 2.10. The molecule has 20 heavy (non-hydrogen) atoms. The fourth-order valence-corrected chi connectivity index (χ4v) is 2.95. The summed E-state index contributed by atoms with van der Waals surface area (Å²) in [5.74, 6) is 0. The zero-order chi connectivity index (χ0) is 14.4. The first-order valence-electron chi connectivity index (χ1n) is 6.94. The fourth-order valence-electron chi connectivity index (χ4n) is 2.13. The second-order valence-corrected chi connectivity index (χ2v) is 6.87. The average Bonchev–Trinajstić information content (AvgIpc) is 2.53. The van der Waals surface area contributed by atoms with Gasteiger partial charge in [0, 0.05) is 6.42 Å². The highest BCUT2D eigenvalue weighted by molar-refractivity contribution is 7.44. The van der Waals surface area contributed by atoms with E-state index in [9.17, 15) is 9.67 Å². The van der Waals surface area contributed by atoms with Crippen LogP contribution in [0, 0.1) is 0 Å². The summed E-state index contributed by atoms with van der Waals surface area (Å²) in [5.41, 5.74) is 4.40. The standard InChI is InChI=1S/C17H20O2P/c1-2-20(19)11-10-14-6-8-16(9-7-14)17-5-3-4-15(12-17)13-18/h3-9,12,18H,2,10-11,13H2,1H3/q+1. The summed E-state index contributed by atoms with van der Waals surface area (Å²) in [6, 6.07) is 16.3. The summed E-state index contributed by atoms with van der Waals surface area (Å²) < 4.78 is 11.5. The Hall–Kier alpha value is -1.50. The first-order valence-corrected chi connectivity index (χ1v) is 8.57. The molecule has 0 saturated heterocycles. The van der Waals surface area contributed by atoms with Crippen LogP contribution in [0.5, 0.6) is 0 Å². The van der Waals surface area contributed by atoms with Gasteiger partial charge in [0.15, 0.2) is 0 Å². The molecule has 0 heterocycles. The Morgan fingerprint density at radius 3 is 2.40 bits per heavy atom. The van der Waals surface area contributed by atoms with Crippen LogP contribution >= 0.6 is 7.80 Å². The highest BCUT2D eigenvalue weighted by Crippen LogP contribution is 2.24. The Labute approximate surface area is 121 Å². The summed E-state index contributed by atoms with van der Waals surface area (Å²) in [6.45, 7) is 2.03. The van der Waals surface area contributed by atoms with Gasteiger partial charge < -0.3 is 5.11 Å². The van der Waals surface area contributed by atoms with E-state index in [1.54, 1.807) is 0 Å². The van der Waals surface area contributed by atoms with E-state index in [4.69, 9.17) is 0 Å². The minimum Gasteiger partial charge on any atom is -0.392 e. The molecule has 3 heteroatoms. The van der Waals surface area contributed by atoms with Gasteiger partial charge in [0.2, 0.25) is 0 Å². The van der Waals surface area contributed by atoms with Gasteiger partial charge in [-0.05, 0) is 35.2 Å². The highest BCUT2D eigenvalue weighted by atomic mass is 31.1. The topological polar surface area (TPSA) is 37.3 Å². The molecule has 0 aliphatic rings. The number of aliphatic hydroxyl groups excluding tert-OH is 1. The van der Waals surface area contributed by atoms with E-state index in [0.29, 0.717) is 0 Å². The van der Waals surface area contributed by atoms with Crippen molar-refractivity contribution in [2.45, 2.75) is 20.0 Å². The molecule has 0 aliphatic carbocycles. The third-order valence-electron chi connectivity index (χ3n) is 3.40. The molecule has 0 spiro atoms. The summed E-state index contributed by atoms with van der Waals surface area (Å²) in [7, 11) is -1.04. The van der Waals surface area contributed by atoms with Gasteiger partial charge in [-0.2, -0.15) is 0 Å². The van der Waals surface area contributed by atoms with Crippen molar-refractivity contribution in [2.24, 2.45) is 0 Å². The van der Waals surface area contributed by atoms with Gasteiger partial charge in [-0.3, -0.25) is 0 Å². The van der Waals surface area contributed by atoms with E-state index in [-0.39, 0.29) is 6.61 Å². The Morgan fingerprint density at radius 2 is 1.75 bits per heavy atom. The SMILES string of the molecule is CC[P+](=O)CCc1ccc(-c2cccc(CO)c2)cc1. The number of benzene rings is 2. The molecule has 0 fully saturated rings. The van der Waals surface area contributed by atoms with Gasteiger partial charge in [-0.25, -0.2) is 0 Å². The summed E-state index contributed by atoms with van der Waals surface area (Å²) in [5, 5.41) is 9.17. The molecular weight excluding hydrogens is 267 g/mol. The first-order chi connectivity index (χ1) is 9.72. The molecular formula is C17H20O2P+. The third kappa shape index (κ3) is 4.00. The van der Waals surface area contributed by atoms with Crippen molar-refractivity contribution in [1.82, 2.24) is 0 Å². The van der Waals surface area contributed by atoms with Crippen molar-refractivity contribution in [1.29, 1.82) is 0 Å². The Bertz CT molecular complexity index is 576. The number of hydrogen-bond donors (Lipinski definition) is 1. The van der Waals surface area contributed by atoms with Gasteiger partial charge in [0.1, 0.15) is 12.3 Å². The largest absolute Gasteiger partial charge is 0.392 e. The minimum absolute atomic E-state index is 0.0655. The molecule has 2 aromatic carbocycles. The van der Waals surface area contributed by atoms with E-state index in [0.717, 1.165) is 35.4 Å². The van der Waals surface area contributed by atoms with Gasteiger partial charge in [0.05, 0.1) is 6.61 Å². The predicted molar refractivity (Wildman–Crippen MR) is 84.5 cm³/mol. The van der Waals surface area contributed by atoms with Crippen molar-refractivity contribution in [3.05, 3.63) is 59.7 Å². The molecule has 0 saturated carbocycles. The van der Waals surface area contributed by atoms with Crippen LogP contribution < -0.4 is 0 Å². The monoisotopic (exact) mass is 287 g/mol. The lowest BCUT2D eigenvalue weighted by atomic mass is 10.0. The van der Waals surface area contributed by atoms with E-state index in [2.05, 4.69) is 24.3 Å². The van der Waals surface area contributed by atoms with E-state index < -0.39 is 7.80 Å². The summed E-state index contributed by atoms with van der Waals surface area (Å²) >= 11 is 0. The first kappa shape index (κ1) is 14.9. The molecule has 2 rings (SSSR count). The van der Waals surface area contributed by atoms with Crippen LogP contribution in [0.2, 0.25) is 0 Å². The molecule has 1 atom stereocenters. The number of rotatable bonds is 6. The van der Waals surface area contributed by atoms with Crippen molar-refractivity contribution in [2.75, 3.05) is 12.3 Å². The maximum atomic E-state index is 11.5. The molecule has 0 aromatic heterocycles. The lowest BCUT2D eigenvalue weighted by molar-refractivity contribution is 0.282. The molecule has 2 nitrogen and oxygen atoms in total. The van der Waals surface area contributed by atoms with Crippen molar-refractivity contribution in [3.63, 3.8) is 0 Å². The molecule has 0 aliphatic heterocycles. The Kier molecular flexibility index (Phi) is 5.46. The Morgan fingerprint density at radius 1 is 1.00 bits per heavy atom. The quantitative estimate of drug-likeness (QED) is 0.807. The molecule has 1 N–H and O–H groups in total. The van der Waals surface area contributed by atoms with Crippen molar-refractivity contribution >= 4 is 7.80 Å². The normalized spacial score (nSPS) is 11.4. The number of hydrogen-bond acceptors (Lipinski definition) is 2. The molecule has 0 bridgehead atoms. The van der Waals surface area contributed by atoms with Crippen LogP contribution in [0.3, 0.4) is 0 Å². The van der Waals surface area contributed by atoms with Gasteiger partial charge in [-0.15, -0.1) is 0 Å². The number of aliphatic hydroxyl groups is 1. The lowest BCUT2D eigenvalue weighted by Gasteiger charge is -2.05. The predicted octanol–water partition coefficient (Wildman–Crippen LogP) is 4.24. The van der Waals surface area contributed by atoms with Crippen molar-refractivity contribution < 1.29 is 9.67 Å². The fraction of sp³-hybridized carbons (Fsp3) is 0.294. The summed E-state index contributed by atoms with van der Waals surface area (Å²) in [6.07, 6.45) is 2.41. The van der Waals surface area contributed by atoms with Crippen molar-refractivity contribution in [3.8, 4) is 11.1 Å². The van der Waals surface area contributed by atoms with Crippen LogP contribution in [0.15, 0.2) is 48.5 Å². The average molecular weight is 287 g/mol. The van der Waals surface area contributed by atoms with Crippen LogP contribution in [0.4, 0.5) is 0 Å². The van der Waals surface area contributed by atoms with E-state index in [1.807, 2.05) is 31.2 Å². The molecule has 0 radical (unpaired) electrons. The Balaban J connectivity index is 2.09. The maximum Gasteiger partial charge on any atom is 0.338 e. The van der Waals surface area contributed by atoms with Gasteiger partial charge >= 0.3 is 7.80 Å². The molecule has 104 valence electrons. The van der Waals surface area contributed by atoms with Crippen LogP contribution in [-0.2, 0) is 17.6 Å². The van der Waals surface area contributed by atoms with Crippen LogP contribution in [0.1, 0.15) is 18.1 Å². The molecule has 2 aromatic rings. The zero-order valence-electron chi connectivity index (χ0n) is 11.7. The molecule has 1 unspecified atom stereocenters. The second kappa shape index (κ2) is 7.33. The summed E-state index contributed by atoms with van der Waals surface area (Å²) in [4.78, 5) is 0. The van der Waals surface area contributed by atoms with Crippen LogP contribution in [-0.4, -0.2) is 17.4 Å². The van der Waals surface area contributed by atoms with E-state index in [1.165, 1.54) is 5.56 Å². The van der Waals surface area contributed by atoms with Gasteiger partial charge in [-0.1, -0.05) is 47.0 Å². The smallest absolute Gasteiger partial charge is 0.338 e. The van der Waals surface area contributed by atoms with Gasteiger partial charge in [0.25, 0.3) is 0 Å². The maximum absolute atomic E-state index is 11.5. The zero-order valence-corrected chi connectivity index (χ0v) is 12.6. The second-order valence-electron chi connectivity index (χ2n) is 4.83. The molecule has 0 amide bonds. The third-order valence-corrected chi connectivity index (χ3v) is 4.83. The van der Waals surface area contributed by atoms with E-state index >= 15 is 0 Å². The minimum atomic E-state index is -1.04.